The Hall–Kier alpha value is -3.87. The van der Waals surface area contributed by atoms with E-state index in [0.29, 0.717) is 11.6 Å². The SMILES string of the molecule is CCc1ccc(-c2ccccc2NC(=O)c2csc(C3CCN(Cc4ccc5cccc[n+]5c4)CC3)n2)cc1. The molecule has 0 aliphatic carbocycles. The molecule has 0 bridgehead atoms. The van der Waals surface area contributed by atoms with Crippen molar-refractivity contribution in [3.63, 3.8) is 0 Å². The lowest BCUT2D eigenvalue weighted by atomic mass is 9.97. The van der Waals surface area contributed by atoms with Crippen molar-refractivity contribution < 1.29 is 9.20 Å². The highest BCUT2D eigenvalue weighted by Crippen LogP contribution is 2.32. The molecule has 0 radical (unpaired) electrons. The highest BCUT2D eigenvalue weighted by Gasteiger charge is 2.24. The molecule has 0 atom stereocenters. The molecule has 1 aliphatic rings. The van der Waals surface area contributed by atoms with Gasteiger partial charge < -0.3 is 5.32 Å². The molecule has 0 unspecified atom stereocenters. The molecule has 1 aliphatic heterocycles. The number of carbonyl (C=O) groups excluding carboxylic acids is 1. The van der Waals surface area contributed by atoms with E-state index in [-0.39, 0.29) is 5.91 Å². The first-order valence-electron chi connectivity index (χ1n) is 13.7. The van der Waals surface area contributed by atoms with Gasteiger partial charge in [-0.2, -0.15) is 4.40 Å². The second kappa shape index (κ2) is 11.5. The Balaban J connectivity index is 1.07. The number of fused-ring (bicyclic) bond motifs is 1. The van der Waals surface area contributed by atoms with Gasteiger partial charge in [-0.05, 0) is 61.7 Å². The topological polar surface area (TPSA) is 49.3 Å². The number of piperidine rings is 1. The Bertz CT molecular complexity index is 1590. The number of aryl methyl sites for hydroxylation is 1. The monoisotopic (exact) mass is 533 g/mol. The van der Waals surface area contributed by atoms with Gasteiger partial charge in [0, 0.05) is 52.9 Å². The first-order valence-corrected chi connectivity index (χ1v) is 14.6. The molecule has 0 saturated carbocycles. The molecular weight excluding hydrogens is 500 g/mol. The number of anilines is 1. The smallest absolute Gasteiger partial charge is 0.275 e. The van der Waals surface area contributed by atoms with Crippen LogP contribution in [0.1, 0.15) is 52.3 Å². The van der Waals surface area contributed by atoms with E-state index in [1.807, 2.05) is 29.6 Å². The van der Waals surface area contributed by atoms with Crippen molar-refractivity contribution in [3.05, 3.63) is 118 Å². The predicted molar refractivity (Wildman–Crippen MR) is 158 cm³/mol. The molecule has 39 heavy (non-hydrogen) atoms. The molecule has 1 N–H and O–H groups in total. The quantitative estimate of drug-likeness (QED) is 0.236. The van der Waals surface area contributed by atoms with Gasteiger partial charge >= 0.3 is 0 Å². The number of nitrogens with zero attached hydrogens (tertiary/aromatic N) is 3. The third-order valence-electron chi connectivity index (χ3n) is 7.64. The van der Waals surface area contributed by atoms with E-state index in [0.717, 1.165) is 60.7 Å². The summed E-state index contributed by atoms with van der Waals surface area (Å²) in [6.07, 6.45) is 7.46. The number of rotatable bonds is 7. The van der Waals surface area contributed by atoms with Crippen molar-refractivity contribution in [2.45, 2.75) is 38.6 Å². The third kappa shape index (κ3) is 5.77. The van der Waals surface area contributed by atoms with Gasteiger partial charge in [-0.15, -0.1) is 11.3 Å². The first-order chi connectivity index (χ1) is 19.2. The fourth-order valence-corrected chi connectivity index (χ4v) is 6.33. The molecule has 1 saturated heterocycles. The van der Waals surface area contributed by atoms with Crippen LogP contribution in [0.2, 0.25) is 0 Å². The van der Waals surface area contributed by atoms with E-state index in [2.05, 4.69) is 88.5 Å². The molecule has 4 heterocycles. The number of likely N-dealkylation sites (tertiary alicyclic amines) is 1. The van der Waals surface area contributed by atoms with Gasteiger partial charge in [0.2, 0.25) is 5.52 Å². The van der Waals surface area contributed by atoms with Crippen LogP contribution in [-0.2, 0) is 13.0 Å². The van der Waals surface area contributed by atoms with Gasteiger partial charge in [-0.3, -0.25) is 9.69 Å². The van der Waals surface area contributed by atoms with Gasteiger partial charge in [-0.25, -0.2) is 4.98 Å². The van der Waals surface area contributed by atoms with Crippen molar-refractivity contribution in [3.8, 4) is 11.1 Å². The number of carbonyl (C=O) groups is 1. The molecule has 5 aromatic rings. The number of thiazole rings is 1. The predicted octanol–water partition coefficient (Wildman–Crippen LogP) is 6.74. The van der Waals surface area contributed by atoms with Crippen molar-refractivity contribution >= 4 is 28.4 Å². The summed E-state index contributed by atoms with van der Waals surface area (Å²) < 4.78 is 2.19. The van der Waals surface area contributed by atoms with E-state index in [1.54, 1.807) is 11.3 Å². The van der Waals surface area contributed by atoms with Crippen molar-refractivity contribution in [2.75, 3.05) is 18.4 Å². The maximum Gasteiger partial charge on any atom is 0.275 e. The number of pyridine rings is 2. The molecule has 5 nitrogen and oxygen atoms in total. The average Bonchev–Trinajstić information content (AvgIpc) is 3.49. The lowest BCUT2D eigenvalue weighted by molar-refractivity contribution is -0.512. The molecular formula is C33H33N4OS+. The summed E-state index contributed by atoms with van der Waals surface area (Å²) in [5, 5.41) is 6.09. The second-order valence-electron chi connectivity index (χ2n) is 10.2. The van der Waals surface area contributed by atoms with Crippen LogP contribution in [0.4, 0.5) is 5.69 Å². The minimum atomic E-state index is -0.152. The van der Waals surface area contributed by atoms with Crippen molar-refractivity contribution in [2.24, 2.45) is 0 Å². The molecule has 6 heteroatoms. The summed E-state index contributed by atoms with van der Waals surface area (Å²) in [4.78, 5) is 20.5. The van der Waals surface area contributed by atoms with Crippen LogP contribution in [0.15, 0.2) is 96.6 Å². The Morgan fingerprint density at radius 1 is 0.974 bits per heavy atom. The summed E-state index contributed by atoms with van der Waals surface area (Å²) in [5.41, 5.74) is 7.25. The Kier molecular flexibility index (Phi) is 7.48. The second-order valence-corrected chi connectivity index (χ2v) is 11.1. The highest BCUT2D eigenvalue weighted by atomic mass is 32.1. The largest absolute Gasteiger partial charge is 0.320 e. The number of amides is 1. The lowest BCUT2D eigenvalue weighted by Gasteiger charge is -2.30. The number of hydrogen-bond donors (Lipinski definition) is 1. The molecule has 6 rings (SSSR count). The zero-order valence-electron chi connectivity index (χ0n) is 22.2. The average molecular weight is 534 g/mol. The summed E-state index contributed by atoms with van der Waals surface area (Å²) in [6.45, 7) is 5.18. The number of nitrogens with one attached hydrogen (secondary N) is 1. The van der Waals surface area contributed by atoms with Gasteiger partial charge in [0.05, 0.1) is 5.01 Å². The number of aromatic nitrogens is 2. The molecule has 0 spiro atoms. The Labute approximate surface area is 233 Å². The van der Waals surface area contributed by atoms with Gasteiger partial charge in [0.1, 0.15) is 5.69 Å². The van der Waals surface area contributed by atoms with Crippen LogP contribution in [0.25, 0.3) is 16.6 Å². The molecule has 196 valence electrons. The van der Waals surface area contributed by atoms with Crippen LogP contribution < -0.4 is 9.72 Å². The first kappa shape index (κ1) is 25.4. The van der Waals surface area contributed by atoms with Crippen LogP contribution in [0.5, 0.6) is 0 Å². The minimum Gasteiger partial charge on any atom is -0.320 e. The van der Waals surface area contributed by atoms with Crippen LogP contribution in [0.3, 0.4) is 0 Å². The molecule has 3 aromatic heterocycles. The summed E-state index contributed by atoms with van der Waals surface area (Å²) in [7, 11) is 0. The summed E-state index contributed by atoms with van der Waals surface area (Å²) in [5.74, 6) is 0.254. The van der Waals surface area contributed by atoms with Crippen LogP contribution in [-0.4, -0.2) is 28.9 Å². The Morgan fingerprint density at radius 2 is 1.74 bits per heavy atom. The lowest BCUT2D eigenvalue weighted by Crippen LogP contribution is -2.33. The fraction of sp³-hybridized carbons (Fsp3) is 0.242. The van der Waals surface area contributed by atoms with Crippen molar-refractivity contribution in [1.82, 2.24) is 9.88 Å². The zero-order valence-corrected chi connectivity index (χ0v) is 23.0. The number of hydrogen-bond acceptors (Lipinski definition) is 4. The molecule has 1 amide bonds. The number of benzene rings is 2. The summed E-state index contributed by atoms with van der Waals surface area (Å²) in [6, 6.07) is 27.2. The molecule has 2 aromatic carbocycles. The van der Waals surface area contributed by atoms with Crippen LogP contribution in [0, 0.1) is 0 Å². The maximum absolute atomic E-state index is 13.2. The highest BCUT2D eigenvalue weighted by molar-refractivity contribution is 7.10. The van der Waals surface area contributed by atoms with Crippen molar-refractivity contribution in [1.29, 1.82) is 0 Å². The summed E-state index contributed by atoms with van der Waals surface area (Å²) >= 11 is 1.61. The molecule has 1 fully saturated rings. The van der Waals surface area contributed by atoms with E-state index >= 15 is 0 Å². The third-order valence-corrected chi connectivity index (χ3v) is 8.65. The number of para-hydroxylation sites is 1. The van der Waals surface area contributed by atoms with Crippen LogP contribution >= 0.6 is 11.3 Å². The standard InChI is InChI=1S/C33H32N4OS/c1-2-24-10-13-26(14-11-24)29-8-3-4-9-30(29)34-32(38)31-23-39-33(35-31)27-16-19-36(20-17-27)21-25-12-15-28-7-5-6-18-37(28)22-25/h3-15,18,22-23,27H,2,16-17,19-21H2,1H3/p+1. The van der Waals surface area contributed by atoms with Gasteiger partial charge in [-0.1, -0.05) is 49.4 Å². The van der Waals surface area contributed by atoms with Gasteiger partial charge in [0.15, 0.2) is 12.4 Å². The Morgan fingerprint density at radius 3 is 2.56 bits per heavy atom. The maximum atomic E-state index is 13.2. The van der Waals surface area contributed by atoms with Gasteiger partial charge in [0.25, 0.3) is 5.91 Å². The minimum absolute atomic E-state index is 0.152. The zero-order chi connectivity index (χ0) is 26.6. The van der Waals surface area contributed by atoms with E-state index in [4.69, 9.17) is 4.98 Å². The van der Waals surface area contributed by atoms with E-state index in [9.17, 15) is 4.79 Å². The fourth-order valence-electron chi connectivity index (χ4n) is 5.36. The van der Waals surface area contributed by atoms with E-state index < -0.39 is 0 Å². The normalized spacial score (nSPS) is 14.5. The van der Waals surface area contributed by atoms with E-state index in [1.165, 1.54) is 16.6 Å².